The van der Waals surface area contributed by atoms with Crippen LogP contribution in [-0.4, -0.2) is 20.5 Å². The highest BCUT2D eigenvalue weighted by Gasteiger charge is 2.43. The number of rotatable bonds is 2. The van der Waals surface area contributed by atoms with Crippen molar-refractivity contribution in [1.29, 1.82) is 0 Å². The molecule has 7 heteroatoms. The van der Waals surface area contributed by atoms with Gasteiger partial charge in [0.2, 0.25) is 5.95 Å². The van der Waals surface area contributed by atoms with Crippen LogP contribution in [0.4, 0.5) is 10.3 Å². The summed E-state index contributed by atoms with van der Waals surface area (Å²) in [5.74, 6) is -0.113. The minimum atomic E-state index is -0.399. The van der Waals surface area contributed by atoms with E-state index >= 15 is 0 Å². The number of allylic oxidation sites excluding steroid dienone is 2. The van der Waals surface area contributed by atoms with E-state index in [0.717, 1.165) is 16.8 Å². The van der Waals surface area contributed by atoms with Gasteiger partial charge in [-0.15, -0.1) is 0 Å². The molecular formula is C21H16ClFN4O. The second-order valence-electron chi connectivity index (χ2n) is 7.08. The Balaban J connectivity index is 1.61. The molecule has 0 spiro atoms. The molecule has 28 heavy (non-hydrogen) atoms. The van der Waals surface area contributed by atoms with Crippen molar-refractivity contribution in [2.45, 2.75) is 18.4 Å². The fourth-order valence-electron chi connectivity index (χ4n) is 4.12. The average molecular weight is 395 g/mol. The molecule has 0 radical (unpaired) electrons. The number of carbonyl (C=O) groups is 1. The van der Waals surface area contributed by atoms with E-state index in [1.165, 1.54) is 18.5 Å². The number of fused-ring (bicyclic) bond motifs is 2. The number of halogens is 2. The topological polar surface area (TPSA) is 59.8 Å². The Labute approximate surface area is 165 Å². The molecule has 3 aromatic rings. The second-order valence-corrected chi connectivity index (χ2v) is 7.52. The van der Waals surface area contributed by atoms with Gasteiger partial charge >= 0.3 is 0 Å². The van der Waals surface area contributed by atoms with Gasteiger partial charge in [-0.05, 0) is 35.4 Å². The lowest BCUT2D eigenvalue weighted by Gasteiger charge is -2.38. The maximum atomic E-state index is 13.3. The Morgan fingerprint density at radius 3 is 2.75 bits per heavy atom. The Morgan fingerprint density at radius 1 is 1.14 bits per heavy atom. The molecule has 2 heterocycles. The lowest BCUT2D eigenvalue weighted by molar-refractivity contribution is -0.123. The van der Waals surface area contributed by atoms with Crippen LogP contribution in [0.1, 0.15) is 29.5 Å². The summed E-state index contributed by atoms with van der Waals surface area (Å²) >= 11 is 6.20. The molecule has 0 unspecified atom stereocenters. The number of nitrogens with zero attached hydrogens (tertiary/aromatic N) is 3. The Bertz CT molecular complexity index is 1090. The first-order valence-electron chi connectivity index (χ1n) is 9.02. The van der Waals surface area contributed by atoms with Gasteiger partial charge in [-0.2, -0.15) is 10.1 Å². The third-order valence-electron chi connectivity index (χ3n) is 5.38. The molecule has 140 valence electrons. The van der Waals surface area contributed by atoms with Crippen LogP contribution in [-0.2, 0) is 4.79 Å². The molecule has 2 aromatic carbocycles. The molecule has 2 aliphatic rings. The van der Waals surface area contributed by atoms with Gasteiger partial charge in [-0.3, -0.25) is 4.79 Å². The lowest BCUT2D eigenvalue weighted by Crippen LogP contribution is -2.40. The number of hydrogen-bond donors (Lipinski definition) is 1. The van der Waals surface area contributed by atoms with Crippen LogP contribution in [0, 0.1) is 11.7 Å². The fourth-order valence-corrected chi connectivity index (χ4v) is 4.32. The van der Waals surface area contributed by atoms with Gasteiger partial charge in [0, 0.05) is 23.1 Å². The molecule has 1 aromatic heterocycles. The first-order valence-corrected chi connectivity index (χ1v) is 9.40. The van der Waals surface area contributed by atoms with Gasteiger partial charge in [0.05, 0.1) is 12.0 Å². The molecule has 1 aliphatic heterocycles. The first kappa shape index (κ1) is 17.1. The van der Waals surface area contributed by atoms with Gasteiger partial charge in [0.15, 0.2) is 0 Å². The maximum absolute atomic E-state index is 13.3. The molecule has 0 saturated carbocycles. The van der Waals surface area contributed by atoms with Crippen LogP contribution in [0.25, 0.3) is 0 Å². The molecule has 3 atom stereocenters. The highest BCUT2D eigenvalue weighted by molar-refractivity contribution is 6.30. The van der Waals surface area contributed by atoms with Crippen LogP contribution in [0.15, 0.2) is 66.6 Å². The van der Waals surface area contributed by atoms with Crippen LogP contribution in [0.3, 0.4) is 0 Å². The number of anilines is 1. The van der Waals surface area contributed by atoms with Gasteiger partial charge in [-0.25, -0.2) is 9.07 Å². The molecule has 1 N–H and O–H groups in total. The van der Waals surface area contributed by atoms with E-state index < -0.39 is 5.92 Å². The number of nitrogens with one attached hydrogen (secondary N) is 1. The van der Waals surface area contributed by atoms with E-state index in [9.17, 15) is 9.18 Å². The lowest BCUT2D eigenvalue weighted by atomic mass is 9.76. The van der Waals surface area contributed by atoms with E-state index in [1.54, 1.807) is 22.9 Å². The zero-order chi connectivity index (χ0) is 19.3. The third-order valence-corrected chi connectivity index (χ3v) is 5.62. The Kier molecular flexibility index (Phi) is 4.02. The predicted octanol–water partition coefficient (Wildman–Crippen LogP) is 4.34. The number of Topliss-reactive ketones (excluding diaryl/α,β-unsaturated/α-hetero) is 1. The van der Waals surface area contributed by atoms with Crippen LogP contribution >= 0.6 is 11.6 Å². The van der Waals surface area contributed by atoms with Crippen LogP contribution in [0.5, 0.6) is 0 Å². The Hall–Kier alpha value is -2.99. The second kappa shape index (κ2) is 6.56. The summed E-state index contributed by atoms with van der Waals surface area (Å²) in [5.41, 5.74) is 2.62. The van der Waals surface area contributed by atoms with Gasteiger partial charge in [0.25, 0.3) is 0 Å². The largest absolute Gasteiger partial charge is 0.328 e. The summed E-state index contributed by atoms with van der Waals surface area (Å²) in [6.07, 6.45) is 3.87. The van der Waals surface area contributed by atoms with Crippen molar-refractivity contribution in [3.8, 4) is 0 Å². The van der Waals surface area contributed by atoms with Gasteiger partial charge < -0.3 is 5.32 Å². The standard InChI is InChI=1S/C21H16ClFN4O/c22-15-3-1-2-13(8-15)20-19-17(26-21-24-11-25-27(20)21)9-14(10-18(19)28)12-4-6-16(23)7-5-12/h1-9,11,14,19-20H,10H2,(H,24,25,26)/t14-,19+,20+/m0/s1. The summed E-state index contributed by atoms with van der Waals surface area (Å²) < 4.78 is 15.0. The average Bonchev–Trinajstić information content (AvgIpc) is 3.15. The number of benzene rings is 2. The van der Waals surface area contributed by atoms with Gasteiger partial charge in [0.1, 0.15) is 17.9 Å². The summed E-state index contributed by atoms with van der Waals surface area (Å²) in [5, 5.41) is 8.20. The van der Waals surface area contributed by atoms with Crippen molar-refractivity contribution in [2.75, 3.05) is 5.32 Å². The van der Waals surface area contributed by atoms with Crippen molar-refractivity contribution < 1.29 is 9.18 Å². The number of hydrogen-bond acceptors (Lipinski definition) is 4. The highest BCUT2D eigenvalue weighted by atomic mass is 35.5. The maximum Gasteiger partial charge on any atom is 0.226 e. The highest BCUT2D eigenvalue weighted by Crippen LogP contribution is 2.44. The van der Waals surface area contributed by atoms with Crippen molar-refractivity contribution in [3.05, 3.63) is 88.6 Å². The number of aromatic nitrogens is 3. The third kappa shape index (κ3) is 2.81. The number of carbonyl (C=O) groups excluding carboxylic acids is 1. The molecule has 0 bridgehead atoms. The minimum Gasteiger partial charge on any atom is -0.328 e. The summed E-state index contributed by atoms with van der Waals surface area (Å²) in [6, 6.07) is 13.5. The molecule has 5 rings (SSSR count). The molecule has 0 amide bonds. The summed E-state index contributed by atoms with van der Waals surface area (Å²) in [7, 11) is 0. The molecule has 1 aliphatic carbocycles. The van der Waals surface area contributed by atoms with E-state index in [0.29, 0.717) is 17.4 Å². The van der Waals surface area contributed by atoms with Crippen LogP contribution in [0.2, 0.25) is 5.02 Å². The summed E-state index contributed by atoms with van der Waals surface area (Å²) in [4.78, 5) is 17.5. The van der Waals surface area contributed by atoms with Crippen molar-refractivity contribution in [3.63, 3.8) is 0 Å². The minimum absolute atomic E-state index is 0.102. The van der Waals surface area contributed by atoms with Crippen molar-refractivity contribution in [1.82, 2.24) is 14.8 Å². The van der Waals surface area contributed by atoms with E-state index in [4.69, 9.17) is 11.6 Å². The Morgan fingerprint density at radius 2 is 1.96 bits per heavy atom. The quantitative estimate of drug-likeness (QED) is 0.702. The number of ketones is 1. The van der Waals surface area contributed by atoms with Crippen molar-refractivity contribution in [2.24, 2.45) is 5.92 Å². The first-order chi connectivity index (χ1) is 13.6. The molecule has 0 fully saturated rings. The van der Waals surface area contributed by atoms with Gasteiger partial charge in [-0.1, -0.05) is 41.9 Å². The fraction of sp³-hybridized carbons (Fsp3) is 0.190. The van der Waals surface area contributed by atoms with E-state index in [-0.39, 0.29) is 23.6 Å². The smallest absolute Gasteiger partial charge is 0.226 e. The molecule has 0 saturated heterocycles. The van der Waals surface area contributed by atoms with Crippen LogP contribution < -0.4 is 5.32 Å². The van der Waals surface area contributed by atoms with E-state index in [1.807, 2.05) is 18.2 Å². The predicted molar refractivity (Wildman–Crippen MR) is 104 cm³/mol. The summed E-state index contributed by atoms with van der Waals surface area (Å²) in [6.45, 7) is 0. The zero-order valence-corrected chi connectivity index (χ0v) is 15.5. The SMILES string of the molecule is O=C1C[C@@H](c2ccc(F)cc2)C=C2Nc3ncnn3[C@H](c3cccc(Cl)c3)[C@@H]12. The van der Waals surface area contributed by atoms with E-state index in [2.05, 4.69) is 21.5 Å². The normalized spacial score (nSPS) is 23.4. The molecular weight excluding hydrogens is 379 g/mol. The molecule has 5 nitrogen and oxygen atoms in total. The van der Waals surface area contributed by atoms with Crippen molar-refractivity contribution >= 4 is 23.3 Å². The zero-order valence-electron chi connectivity index (χ0n) is 14.7. The monoisotopic (exact) mass is 394 g/mol.